The lowest BCUT2D eigenvalue weighted by Crippen LogP contribution is -2.22. The fraction of sp³-hybridized carbons (Fsp3) is 0.294. The van der Waals surface area contributed by atoms with Gasteiger partial charge in [-0.15, -0.1) is 0 Å². The van der Waals surface area contributed by atoms with Crippen LogP contribution in [-0.2, 0) is 0 Å². The normalized spacial score (nSPS) is 12.0. The number of nitrogens with one attached hydrogen (secondary N) is 1. The van der Waals surface area contributed by atoms with Crippen LogP contribution in [0.3, 0.4) is 0 Å². The SMILES string of the molecule is CCNC(c1cccc(Cl)c1)c1cc(OC)ccc1OC. The zero-order chi connectivity index (χ0) is 15.2. The van der Waals surface area contributed by atoms with Crippen molar-refractivity contribution in [1.82, 2.24) is 5.32 Å². The van der Waals surface area contributed by atoms with Crippen LogP contribution in [0.5, 0.6) is 11.5 Å². The van der Waals surface area contributed by atoms with Gasteiger partial charge in [0.25, 0.3) is 0 Å². The van der Waals surface area contributed by atoms with Crippen molar-refractivity contribution in [2.24, 2.45) is 0 Å². The number of ether oxygens (including phenoxy) is 2. The Kier molecular flexibility index (Phi) is 5.48. The van der Waals surface area contributed by atoms with Crippen molar-refractivity contribution in [2.45, 2.75) is 13.0 Å². The first-order valence-corrected chi connectivity index (χ1v) is 7.28. The van der Waals surface area contributed by atoms with E-state index in [-0.39, 0.29) is 6.04 Å². The monoisotopic (exact) mass is 305 g/mol. The molecule has 0 aliphatic carbocycles. The van der Waals surface area contributed by atoms with E-state index >= 15 is 0 Å². The van der Waals surface area contributed by atoms with Gasteiger partial charge in [-0.1, -0.05) is 30.7 Å². The maximum atomic E-state index is 6.13. The van der Waals surface area contributed by atoms with Crippen LogP contribution < -0.4 is 14.8 Å². The minimum Gasteiger partial charge on any atom is -0.497 e. The number of halogens is 1. The third-order valence-corrected chi connectivity index (χ3v) is 3.57. The molecule has 0 spiro atoms. The van der Waals surface area contributed by atoms with E-state index in [1.54, 1.807) is 14.2 Å². The lowest BCUT2D eigenvalue weighted by molar-refractivity contribution is 0.394. The topological polar surface area (TPSA) is 30.5 Å². The summed E-state index contributed by atoms with van der Waals surface area (Å²) >= 11 is 6.13. The van der Waals surface area contributed by atoms with Crippen LogP contribution in [-0.4, -0.2) is 20.8 Å². The van der Waals surface area contributed by atoms with Crippen molar-refractivity contribution in [2.75, 3.05) is 20.8 Å². The largest absolute Gasteiger partial charge is 0.497 e. The Labute approximate surface area is 130 Å². The molecule has 1 N–H and O–H groups in total. The van der Waals surface area contributed by atoms with Gasteiger partial charge in [-0.05, 0) is 42.4 Å². The fourth-order valence-electron chi connectivity index (χ4n) is 2.36. The van der Waals surface area contributed by atoms with E-state index in [1.807, 2.05) is 36.4 Å². The van der Waals surface area contributed by atoms with Crippen LogP contribution in [0.1, 0.15) is 24.1 Å². The Morgan fingerprint density at radius 3 is 2.52 bits per heavy atom. The molecule has 2 aromatic rings. The second-order valence-corrected chi connectivity index (χ2v) is 5.09. The Morgan fingerprint density at radius 2 is 1.90 bits per heavy atom. The molecule has 0 bridgehead atoms. The molecule has 2 rings (SSSR count). The van der Waals surface area contributed by atoms with Gasteiger partial charge in [-0.2, -0.15) is 0 Å². The van der Waals surface area contributed by atoms with Crippen LogP contribution >= 0.6 is 11.6 Å². The number of rotatable bonds is 6. The van der Waals surface area contributed by atoms with E-state index in [0.717, 1.165) is 34.2 Å². The maximum Gasteiger partial charge on any atom is 0.124 e. The van der Waals surface area contributed by atoms with Crippen molar-refractivity contribution in [3.63, 3.8) is 0 Å². The minimum absolute atomic E-state index is 0.00116. The first kappa shape index (κ1) is 15.7. The molecule has 1 atom stereocenters. The van der Waals surface area contributed by atoms with Crippen LogP contribution in [0.15, 0.2) is 42.5 Å². The molecule has 0 amide bonds. The molecule has 1 unspecified atom stereocenters. The molecule has 3 nitrogen and oxygen atoms in total. The van der Waals surface area contributed by atoms with E-state index < -0.39 is 0 Å². The highest BCUT2D eigenvalue weighted by atomic mass is 35.5. The molecule has 0 aromatic heterocycles. The number of hydrogen-bond acceptors (Lipinski definition) is 3. The van der Waals surface area contributed by atoms with Gasteiger partial charge in [0.15, 0.2) is 0 Å². The summed E-state index contributed by atoms with van der Waals surface area (Å²) in [7, 11) is 3.33. The molecule has 4 heteroatoms. The summed E-state index contributed by atoms with van der Waals surface area (Å²) in [6, 6.07) is 13.6. The molecule has 0 aliphatic heterocycles. The number of benzene rings is 2. The van der Waals surface area contributed by atoms with E-state index in [0.29, 0.717) is 0 Å². The fourth-order valence-corrected chi connectivity index (χ4v) is 2.56. The average molecular weight is 306 g/mol. The minimum atomic E-state index is -0.00116. The van der Waals surface area contributed by atoms with Crippen LogP contribution in [0.2, 0.25) is 5.02 Å². The first-order chi connectivity index (χ1) is 10.2. The van der Waals surface area contributed by atoms with Crippen molar-refractivity contribution < 1.29 is 9.47 Å². The van der Waals surface area contributed by atoms with Crippen molar-refractivity contribution in [3.05, 3.63) is 58.6 Å². The summed E-state index contributed by atoms with van der Waals surface area (Å²) < 4.78 is 10.8. The molecular formula is C17H20ClNO2. The highest BCUT2D eigenvalue weighted by molar-refractivity contribution is 6.30. The van der Waals surface area contributed by atoms with Crippen LogP contribution in [0.4, 0.5) is 0 Å². The van der Waals surface area contributed by atoms with Gasteiger partial charge in [0.1, 0.15) is 11.5 Å². The van der Waals surface area contributed by atoms with Gasteiger partial charge in [-0.3, -0.25) is 0 Å². The lowest BCUT2D eigenvalue weighted by atomic mass is 9.97. The van der Waals surface area contributed by atoms with E-state index in [1.165, 1.54) is 0 Å². The van der Waals surface area contributed by atoms with Gasteiger partial charge in [0, 0.05) is 10.6 Å². The summed E-state index contributed by atoms with van der Waals surface area (Å²) in [6.45, 7) is 2.90. The molecule has 21 heavy (non-hydrogen) atoms. The second kappa shape index (κ2) is 7.34. The van der Waals surface area contributed by atoms with Gasteiger partial charge in [0.2, 0.25) is 0 Å². The zero-order valence-electron chi connectivity index (χ0n) is 12.5. The Morgan fingerprint density at radius 1 is 1.10 bits per heavy atom. The predicted octanol–water partition coefficient (Wildman–Crippen LogP) is 4.06. The van der Waals surface area contributed by atoms with E-state index in [4.69, 9.17) is 21.1 Å². The predicted molar refractivity (Wildman–Crippen MR) is 86.5 cm³/mol. The summed E-state index contributed by atoms with van der Waals surface area (Å²) in [6.07, 6.45) is 0. The van der Waals surface area contributed by atoms with Crippen molar-refractivity contribution in [3.8, 4) is 11.5 Å². The maximum absolute atomic E-state index is 6.13. The molecule has 2 aromatic carbocycles. The third kappa shape index (κ3) is 3.69. The second-order valence-electron chi connectivity index (χ2n) is 4.65. The number of methoxy groups -OCH3 is 2. The van der Waals surface area contributed by atoms with Crippen LogP contribution in [0, 0.1) is 0 Å². The summed E-state index contributed by atoms with van der Waals surface area (Å²) in [5.41, 5.74) is 2.12. The summed E-state index contributed by atoms with van der Waals surface area (Å²) in [5, 5.41) is 4.19. The highest BCUT2D eigenvalue weighted by Crippen LogP contribution is 2.33. The smallest absolute Gasteiger partial charge is 0.124 e. The van der Waals surface area contributed by atoms with E-state index in [2.05, 4.69) is 18.3 Å². The lowest BCUT2D eigenvalue weighted by Gasteiger charge is -2.22. The van der Waals surface area contributed by atoms with E-state index in [9.17, 15) is 0 Å². The van der Waals surface area contributed by atoms with Crippen molar-refractivity contribution >= 4 is 11.6 Å². The highest BCUT2D eigenvalue weighted by Gasteiger charge is 2.18. The van der Waals surface area contributed by atoms with Crippen LogP contribution in [0.25, 0.3) is 0 Å². The number of hydrogen-bond donors (Lipinski definition) is 1. The van der Waals surface area contributed by atoms with Crippen molar-refractivity contribution in [1.29, 1.82) is 0 Å². The molecular weight excluding hydrogens is 286 g/mol. The molecule has 0 saturated carbocycles. The Balaban J connectivity index is 2.51. The average Bonchev–Trinajstić information content (AvgIpc) is 2.52. The Bertz CT molecular complexity index is 601. The summed E-state index contributed by atoms with van der Waals surface area (Å²) in [5.74, 6) is 1.62. The quantitative estimate of drug-likeness (QED) is 0.873. The van der Waals surface area contributed by atoms with Gasteiger partial charge in [0.05, 0.1) is 20.3 Å². The third-order valence-electron chi connectivity index (χ3n) is 3.34. The first-order valence-electron chi connectivity index (χ1n) is 6.90. The summed E-state index contributed by atoms with van der Waals surface area (Å²) in [4.78, 5) is 0. The van der Waals surface area contributed by atoms with Gasteiger partial charge in [-0.25, -0.2) is 0 Å². The molecule has 112 valence electrons. The molecule has 0 radical (unpaired) electrons. The molecule has 0 saturated heterocycles. The Hall–Kier alpha value is -1.71. The molecule has 0 fully saturated rings. The molecule has 0 heterocycles. The van der Waals surface area contributed by atoms with Gasteiger partial charge < -0.3 is 14.8 Å². The zero-order valence-corrected chi connectivity index (χ0v) is 13.3. The molecule has 0 aliphatic rings. The standard InChI is InChI=1S/C17H20ClNO2/c1-4-19-17(12-6-5-7-13(18)10-12)15-11-14(20-2)8-9-16(15)21-3/h5-11,17,19H,4H2,1-3H3. The van der Waals surface area contributed by atoms with Gasteiger partial charge >= 0.3 is 0 Å².